The van der Waals surface area contributed by atoms with Crippen molar-refractivity contribution in [3.05, 3.63) is 22.7 Å². The lowest BCUT2D eigenvalue weighted by molar-refractivity contribution is 0.0846. The maximum absolute atomic E-state index is 10.4. The Labute approximate surface area is 112 Å². The van der Waals surface area contributed by atoms with E-state index >= 15 is 0 Å². The molecule has 2 aliphatic rings. The number of hydrogen-bond donors (Lipinski definition) is 1. The van der Waals surface area contributed by atoms with Crippen LogP contribution in [0.3, 0.4) is 0 Å². The monoisotopic (exact) mass is 268 g/mol. The lowest BCUT2D eigenvalue weighted by atomic mass is 9.83. The van der Waals surface area contributed by atoms with Crippen molar-refractivity contribution in [1.82, 2.24) is 0 Å². The quantitative estimate of drug-likeness (QED) is 0.889. The molecule has 1 aliphatic heterocycles. The molecule has 0 saturated heterocycles. The molecule has 0 amide bonds. The van der Waals surface area contributed by atoms with Gasteiger partial charge in [-0.1, -0.05) is 30.9 Å². The van der Waals surface area contributed by atoms with Gasteiger partial charge in [0.1, 0.15) is 0 Å². The van der Waals surface area contributed by atoms with Gasteiger partial charge < -0.3 is 14.6 Å². The molecule has 3 rings (SSSR count). The van der Waals surface area contributed by atoms with Crippen molar-refractivity contribution in [2.24, 2.45) is 5.92 Å². The molecule has 98 valence electrons. The van der Waals surface area contributed by atoms with Gasteiger partial charge in [-0.15, -0.1) is 0 Å². The SMILES string of the molecule is OC(c1cc(Cl)c2c(c1)OCO2)C1CCCCC1. The van der Waals surface area contributed by atoms with E-state index in [1.165, 1.54) is 19.3 Å². The molecular weight excluding hydrogens is 252 g/mol. The zero-order chi connectivity index (χ0) is 12.5. The third-order valence-corrected chi connectivity index (χ3v) is 4.17. The molecule has 1 aromatic rings. The van der Waals surface area contributed by atoms with Crippen LogP contribution in [0.15, 0.2) is 12.1 Å². The smallest absolute Gasteiger partial charge is 0.231 e. The largest absolute Gasteiger partial charge is 0.454 e. The molecule has 1 aromatic carbocycles. The molecule has 1 N–H and O–H groups in total. The number of fused-ring (bicyclic) bond motifs is 1. The molecule has 0 bridgehead atoms. The molecule has 1 unspecified atom stereocenters. The lowest BCUT2D eigenvalue weighted by Gasteiger charge is -2.27. The summed E-state index contributed by atoms with van der Waals surface area (Å²) in [7, 11) is 0. The third-order valence-electron chi connectivity index (χ3n) is 3.89. The molecule has 3 nitrogen and oxygen atoms in total. The van der Waals surface area contributed by atoms with Crippen LogP contribution in [0.4, 0.5) is 0 Å². The fourth-order valence-corrected chi connectivity index (χ4v) is 3.15. The van der Waals surface area contributed by atoms with Crippen molar-refractivity contribution >= 4 is 11.6 Å². The van der Waals surface area contributed by atoms with E-state index in [9.17, 15) is 5.11 Å². The van der Waals surface area contributed by atoms with Gasteiger partial charge in [0.05, 0.1) is 11.1 Å². The van der Waals surface area contributed by atoms with Gasteiger partial charge in [-0.05, 0) is 36.5 Å². The van der Waals surface area contributed by atoms with Gasteiger partial charge in [0, 0.05) is 0 Å². The third kappa shape index (κ3) is 2.17. The molecule has 1 saturated carbocycles. The van der Waals surface area contributed by atoms with Gasteiger partial charge in [0.15, 0.2) is 11.5 Å². The van der Waals surface area contributed by atoms with Crippen molar-refractivity contribution in [1.29, 1.82) is 0 Å². The van der Waals surface area contributed by atoms with Crippen molar-refractivity contribution < 1.29 is 14.6 Å². The Kier molecular flexibility index (Phi) is 3.35. The van der Waals surface area contributed by atoms with Crippen molar-refractivity contribution in [2.45, 2.75) is 38.2 Å². The Morgan fingerprint density at radius 3 is 2.72 bits per heavy atom. The van der Waals surface area contributed by atoms with Crippen molar-refractivity contribution in [3.63, 3.8) is 0 Å². The van der Waals surface area contributed by atoms with E-state index in [4.69, 9.17) is 21.1 Å². The average Bonchev–Trinajstić information content (AvgIpc) is 2.88. The fraction of sp³-hybridized carbons (Fsp3) is 0.571. The Bertz CT molecular complexity index is 441. The Morgan fingerprint density at radius 1 is 1.17 bits per heavy atom. The van der Waals surface area contributed by atoms with Gasteiger partial charge in [0.25, 0.3) is 0 Å². The summed E-state index contributed by atoms with van der Waals surface area (Å²) in [6.07, 6.45) is 5.43. The molecular formula is C14H17ClO3. The number of ether oxygens (including phenoxy) is 2. The van der Waals surface area contributed by atoms with Crippen LogP contribution >= 0.6 is 11.6 Å². The minimum absolute atomic E-state index is 0.206. The fourth-order valence-electron chi connectivity index (χ4n) is 2.88. The normalized spacial score (nSPS) is 21.0. The summed E-state index contributed by atoms with van der Waals surface area (Å²) >= 11 is 6.14. The van der Waals surface area contributed by atoms with Crippen LogP contribution in [0.5, 0.6) is 11.5 Å². The molecule has 1 aliphatic carbocycles. The van der Waals surface area contributed by atoms with Crippen LogP contribution in [0.25, 0.3) is 0 Å². The van der Waals surface area contributed by atoms with Crippen molar-refractivity contribution in [3.8, 4) is 11.5 Å². The number of rotatable bonds is 2. The van der Waals surface area contributed by atoms with Crippen LogP contribution in [-0.4, -0.2) is 11.9 Å². The van der Waals surface area contributed by atoms with Crippen LogP contribution in [-0.2, 0) is 0 Å². The summed E-state index contributed by atoms with van der Waals surface area (Å²) in [6.45, 7) is 0.206. The first-order valence-electron chi connectivity index (χ1n) is 6.53. The first-order chi connectivity index (χ1) is 8.75. The number of halogens is 1. The summed E-state index contributed by atoms with van der Waals surface area (Å²) in [5.41, 5.74) is 0.844. The number of aliphatic hydroxyl groups is 1. The van der Waals surface area contributed by atoms with Gasteiger partial charge in [-0.2, -0.15) is 0 Å². The minimum Gasteiger partial charge on any atom is -0.454 e. The van der Waals surface area contributed by atoms with E-state index in [0.29, 0.717) is 22.4 Å². The molecule has 1 heterocycles. The van der Waals surface area contributed by atoms with E-state index in [-0.39, 0.29) is 6.79 Å². The lowest BCUT2D eigenvalue weighted by Crippen LogP contribution is -2.15. The van der Waals surface area contributed by atoms with E-state index in [2.05, 4.69) is 0 Å². The first kappa shape index (κ1) is 12.1. The number of benzene rings is 1. The van der Waals surface area contributed by atoms with Crippen LogP contribution in [0, 0.1) is 5.92 Å². The predicted octanol–water partition coefficient (Wildman–Crippen LogP) is 3.68. The highest BCUT2D eigenvalue weighted by Gasteiger charge is 2.26. The van der Waals surface area contributed by atoms with Gasteiger partial charge in [0.2, 0.25) is 6.79 Å². The minimum atomic E-state index is -0.447. The summed E-state index contributed by atoms with van der Waals surface area (Å²) in [5.74, 6) is 1.58. The molecule has 0 aromatic heterocycles. The molecule has 1 fully saturated rings. The van der Waals surface area contributed by atoms with Gasteiger partial charge >= 0.3 is 0 Å². The molecule has 4 heteroatoms. The molecule has 1 atom stereocenters. The summed E-state index contributed by atoms with van der Waals surface area (Å²) in [4.78, 5) is 0. The van der Waals surface area contributed by atoms with E-state index in [1.54, 1.807) is 6.07 Å². The molecule has 0 spiro atoms. The van der Waals surface area contributed by atoms with Crippen molar-refractivity contribution in [2.75, 3.05) is 6.79 Å². The topological polar surface area (TPSA) is 38.7 Å². The maximum atomic E-state index is 10.4. The van der Waals surface area contributed by atoms with E-state index < -0.39 is 6.10 Å². The Morgan fingerprint density at radius 2 is 1.94 bits per heavy atom. The van der Waals surface area contributed by atoms with Crippen LogP contribution < -0.4 is 9.47 Å². The zero-order valence-corrected chi connectivity index (χ0v) is 10.9. The second-order valence-corrected chi connectivity index (χ2v) is 5.49. The summed E-state index contributed by atoms with van der Waals surface area (Å²) in [5, 5.41) is 11.0. The summed E-state index contributed by atoms with van der Waals surface area (Å²) < 4.78 is 10.6. The van der Waals surface area contributed by atoms with Gasteiger partial charge in [-0.3, -0.25) is 0 Å². The highest BCUT2D eigenvalue weighted by atomic mass is 35.5. The highest BCUT2D eigenvalue weighted by Crippen LogP contribution is 2.43. The summed E-state index contributed by atoms with van der Waals surface area (Å²) in [6, 6.07) is 3.65. The first-order valence-corrected chi connectivity index (χ1v) is 6.90. The number of hydrogen-bond acceptors (Lipinski definition) is 3. The second kappa shape index (κ2) is 4.98. The number of aliphatic hydroxyl groups excluding tert-OH is 1. The van der Waals surface area contributed by atoms with Crippen LogP contribution in [0.2, 0.25) is 5.02 Å². The Balaban J connectivity index is 1.85. The molecule has 0 radical (unpaired) electrons. The maximum Gasteiger partial charge on any atom is 0.231 e. The standard InChI is InChI=1S/C14H17ClO3/c15-11-6-10(7-12-14(11)18-8-17-12)13(16)9-4-2-1-3-5-9/h6-7,9,13,16H,1-5,8H2. The average molecular weight is 269 g/mol. The second-order valence-electron chi connectivity index (χ2n) is 5.08. The zero-order valence-electron chi connectivity index (χ0n) is 10.2. The van der Waals surface area contributed by atoms with E-state index in [0.717, 1.165) is 18.4 Å². The molecule has 18 heavy (non-hydrogen) atoms. The van der Waals surface area contributed by atoms with Crippen LogP contribution in [0.1, 0.15) is 43.8 Å². The Hall–Kier alpha value is -0.930. The van der Waals surface area contributed by atoms with E-state index in [1.807, 2.05) is 6.07 Å². The van der Waals surface area contributed by atoms with Gasteiger partial charge in [-0.25, -0.2) is 0 Å². The predicted molar refractivity (Wildman–Crippen MR) is 69.1 cm³/mol. The highest BCUT2D eigenvalue weighted by molar-refractivity contribution is 6.32.